The van der Waals surface area contributed by atoms with Gasteiger partial charge in [-0.25, -0.2) is 0 Å². The number of nitrogens with one attached hydrogen (secondary N) is 1. The molecule has 0 unspecified atom stereocenters. The van der Waals surface area contributed by atoms with Gasteiger partial charge < -0.3 is 16.2 Å². The zero-order valence-electron chi connectivity index (χ0n) is 11.0. The summed E-state index contributed by atoms with van der Waals surface area (Å²) in [7, 11) is 0. The van der Waals surface area contributed by atoms with Crippen LogP contribution < -0.4 is 11.1 Å². The maximum atomic E-state index is 11.9. The van der Waals surface area contributed by atoms with Crippen LogP contribution in [-0.2, 0) is 6.54 Å². The molecule has 1 fully saturated rings. The molecular weight excluding hydrogens is 246 g/mol. The third-order valence-electron chi connectivity index (χ3n) is 3.49. The molecular formula is C12H21N5O2. The Hall–Kier alpha value is -1.47. The Morgan fingerprint density at radius 1 is 1.47 bits per heavy atom. The Morgan fingerprint density at radius 3 is 2.89 bits per heavy atom. The fourth-order valence-corrected chi connectivity index (χ4v) is 2.37. The van der Waals surface area contributed by atoms with Gasteiger partial charge in [-0.1, -0.05) is 24.5 Å². The molecule has 106 valence electrons. The van der Waals surface area contributed by atoms with Gasteiger partial charge in [0.05, 0.1) is 18.3 Å². The first kappa shape index (κ1) is 14.0. The molecule has 19 heavy (non-hydrogen) atoms. The first-order chi connectivity index (χ1) is 9.13. The van der Waals surface area contributed by atoms with Crippen LogP contribution in [0.1, 0.15) is 42.6 Å². The monoisotopic (exact) mass is 267 g/mol. The number of hydrogen-bond donors (Lipinski definition) is 3. The number of rotatable bonds is 5. The van der Waals surface area contributed by atoms with Crippen molar-refractivity contribution in [2.24, 2.45) is 5.73 Å². The number of aliphatic hydroxyl groups is 1. The number of carbonyl (C=O) groups is 1. The quantitative estimate of drug-likeness (QED) is 0.677. The van der Waals surface area contributed by atoms with Crippen LogP contribution in [0.2, 0.25) is 0 Å². The van der Waals surface area contributed by atoms with Gasteiger partial charge in [-0.3, -0.25) is 9.48 Å². The summed E-state index contributed by atoms with van der Waals surface area (Å²) in [6, 6.07) is 0. The molecule has 1 saturated carbocycles. The molecule has 0 spiro atoms. The summed E-state index contributed by atoms with van der Waals surface area (Å²) in [5.41, 5.74) is 4.89. The van der Waals surface area contributed by atoms with E-state index in [-0.39, 0.29) is 18.1 Å². The largest absolute Gasteiger partial charge is 0.388 e. The Labute approximate surface area is 112 Å². The number of amides is 1. The predicted octanol–water partition coefficient (Wildman–Crippen LogP) is -0.338. The average Bonchev–Trinajstić information content (AvgIpc) is 2.86. The molecule has 0 saturated heterocycles. The minimum Gasteiger partial charge on any atom is -0.388 e. The third-order valence-corrected chi connectivity index (χ3v) is 3.49. The second-order valence-electron chi connectivity index (χ2n) is 5.12. The first-order valence-corrected chi connectivity index (χ1v) is 6.74. The first-order valence-electron chi connectivity index (χ1n) is 6.74. The highest BCUT2D eigenvalue weighted by atomic mass is 16.3. The molecule has 2 rings (SSSR count). The van der Waals surface area contributed by atoms with Crippen molar-refractivity contribution in [3.8, 4) is 0 Å². The second kappa shape index (κ2) is 6.12. The second-order valence-corrected chi connectivity index (χ2v) is 5.12. The van der Waals surface area contributed by atoms with Gasteiger partial charge >= 0.3 is 0 Å². The maximum Gasteiger partial charge on any atom is 0.273 e. The van der Waals surface area contributed by atoms with E-state index in [9.17, 15) is 9.90 Å². The van der Waals surface area contributed by atoms with E-state index in [4.69, 9.17) is 5.73 Å². The number of hydrogen-bond acceptors (Lipinski definition) is 5. The molecule has 1 amide bonds. The number of nitrogens with two attached hydrogens (primary N) is 1. The smallest absolute Gasteiger partial charge is 0.273 e. The maximum absolute atomic E-state index is 11.9. The van der Waals surface area contributed by atoms with Crippen molar-refractivity contribution >= 4 is 5.91 Å². The molecule has 0 aromatic carbocycles. The van der Waals surface area contributed by atoms with E-state index in [1.54, 1.807) is 6.20 Å². The van der Waals surface area contributed by atoms with Crippen LogP contribution in [-0.4, -0.2) is 44.7 Å². The van der Waals surface area contributed by atoms with Crippen LogP contribution in [0.25, 0.3) is 0 Å². The van der Waals surface area contributed by atoms with E-state index in [0.717, 1.165) is 32.1 Å². The highest BCUT2D eigenvalue weighted by Gasteiger charge is 2.29. The molecule has 0 aliphatic heterocycles. The SMILES string of the molecule is NCCn1cc(C(=O)NCC2(O)CCCCC2)nn1. The Bertz CT molecular complexity index is 426. The molecule has 1 aliphatic rings. The van der Waals surface area contributed by atoms with Crippen molar-refractivity contribution in [1.82, 2.24) is 20.3 Å². The van der Waals surface area contributed by atoms with Gasteiger partial charge in [0.25, 0.3) is 5.91 Å². The van der Waals surface area contributed by atoms with Gasteiger partial charge in [-0.05, 0) is 12.8 Å². The van der Waals surface area contributed by atoms with E-state index in [1.807, 2.05) is 0 Å². The Morgan fingerprint density at radius 2 is 2.21 bits per heavy atom. The molecule has 1 heterocycles. The van der Waals surface area contributed by atoms with Crippen molar-refractivity contribution in [3.05, 3.63) is 11.9 Å². The summed E-state index contributed by atoms with van der Waals surface area (Å²) >= 11 is 0. The molecule has 1 aromatic heterocycles. The van der Waals surface area contributed by atoms with Crippen molar-refractivity contribution in [3.63, 3.8) is 0 Å². The highest BCUT2D eigenvalue weighted by Crippen LogP contribution is 2.27. The predicted molar refractivity (Wildman–Crippen MR) is 69.4 cm³/mol. The standard InChI is InChI=1S/C12H21N5O2/c13-6-7-17-8-10(15-16-17)11(18)14-9-12(19)4-2-1-3-5-12/h8,19H,1-7,9,13H2,(H,14,18). The van der Waals surface area contributed by atoms with Crippen LogP contribution in [0.15, 0.2) is 6.20 Å². The summed E-state index contributed by atoms with van der Waals surface area (Å²) in [6.45, 7) is 1.25. The molecule has 0 radical (unpaired) electrons. The lowest BCUT2D eigenvalue weighted by Gasteiger charge is -2.31. The molecule has 0 atom stereocenters. The van der Waals surface area contributed by atoms with Gasteiger partial charge in [-0.2, -0.15) is 0 Å². The molecule has 0 bridgehead atoms. The van der Waals surface area contributed by atoms with E-state index < -0.39 is 5.60 Å². The van der Waals surface area contributed by atoms with E-state index in [2.05, 4.69) is 15.6 Å². The van der Waals surface area contributed by atoms with Crippen molar-refractivity contribution in [1.29, 1.82) is 0 Å². The minimum absolute atomic E-state index is 0.257. The van der Waals surface area contributed by atoms with Gasteiger partial charge in [0.15, 0.2) is 5.69 Å². The normalized spacial score (nSPS) is 18.2. The summed E-state index contributed by atoms with van der Waals surface area (Å²) in [4.78, 5) is 11.9. The topological polar surface area (TPSA) is 106 Å². The fraction of sp³-hybridized carbons (Fsp3) is 0.750. The van der Waals surface area contributed by atoms with Crippen LogP contribution in [0, 0.1) is 0 Å². The number of carbonyl (C=O) groups excluding carboxylic acids is 1. The van der Waals surface area contributed by atoms with Crippen molar-refractivity contribution < 1.29 is 9.90 Å². The zero-order chi connectivity index (χ0) is 13.7. The summed E-state index contributed by atoms with van der Waals surface area (Å²) in [5.74, 6) is -0.303. The molecule has 7 heteroatoms. The molecule has 1 aliphatic carbocycles. The number of nitrogens with zero attached hydrogens (tertiary/aromatic N) is 3. The lowest BCUT2D eigenvalue weighted by atomic mass is 9.85. The van der Waals surface area contributed by atoms with Crippen LogP contribution in [0.3, 0.4) is 0 Å². The van der Waals surface area contributed by atoms with Gasteiger partial charge in [0.2, 0.25) is 0 Å². The number of aromatic nitrogens is 3. The van der Waals surface area contributed by atoms with Crippen LogP contribution in [0.5, 0.6) is 0 Å². The Balaban J connectivity index is 1.86. The third kappa shape index (κ3) is 3.74. The van der Waals surface area contributed by atoms with Crippen LogP contribution in [0.4, 0.5) is 0 Å². The molecule has 7 nitrogen and oxygen atoms in total. The van der Waals surface area contributed by atoms with E-state index in [0.29, 0.717) is 13.1 Å². The lowest BCUT2D eigenvalue weighted by Crippen LogP contribution is -2.44. The lowest BCUT2D eigenvalue weighted by molar-refractivity contribution is 0.00521. The summed E-state index contributed by atoms with van der Waals surface area (Å²) < 4.78 is 1.53. The average molecular weight is 267 g/mol. The van der Waals surface area contributed by atoms with Crippen LogP contribution >= 0.6 is 0 Å². The van der Waals surface area contributed by atoms with Crippen molar-refractivity contribution in [2.45, 2.75) is 44.2 Å². The van der Waals surface area contributed by atoms with E-state index in [1.165, 1.54) is 4.68 Å². The molecule has 4 N–H and O–H groups in total. The van der Waals surface area contributed by atoms with Crippen molar-refractivity contribution in [2.75, 3.05) is 13.1 Å². The van der Waals surface area contributed by atoms with Gasteiger partial charge in [0.1, 0.15) is 0 Å². The fourth-order valence-electron chi connectivity index (χ4n) is 2.37. The molecule has 1 aromatic rings. The van der Waals surface area contributed by atoms with Gasteiger partial charge in [-0.15, -0.1) is 5.10 Å². The van der Waals surface area contributed by atoms with Gasteiger partial charge in [0, 0.05) is 13.1 Å². The van der Waals surface area contributed by atoms with E-state index >= 15 is 0 Å². The summed E-state index contributed by atoms with van der Waals surface area (Å²) in [5, 5.41) is 20.6. The summed E-state index contributed by atoms with van der Waals surface area (Å²) in [6.07, 6.45) is 6.23. The minimum atomic E-state index is -0.763. The Kier molecular flexibility index (Phi) is 4.49. The highest BCUT2D eigenvalue weighted by molar-refractivity contribution is 5.91. The zero-order valence-corrected chi connectivity index (χ0v) is 11.0.